The zero-order chi connectivity index (χ0) is 20.5. The highest BCUT2D eigenvalue weighted by atomic mass is 35.5. The van der Waals surface area contributed by atoms with E-state index in [1.165, 1.54) is 0 Å². The summed E-state index contributed by atoms with van der Waals surface area (Å²) in [6.07, 6.45) is 0. The zero-order valence-corrected chi connectivity index (χ0v) is 18.8. The van der Waals surface area contributed by atoms with Crippen molar-refractivity contribution in [2.24, 2.45) is 0 Å². The molecule has 1 aliphatic rings. The van der Waals surface area contributed by atoms with E-state index in [2.05, 4.69) is 22.2 Å². The highest BCUT2D eigenvalue weighted by molar-refractivity contribution is 5.99. The number of hydrogen-bond donors (Lipinski definition) is 1. The van der Waals surface area contributed by atoms with Crippen LogP contribution in [0.25, 0.3) is 11.0 Å². The highest BCUT2D eigenvalue weighted by Crippen LogP contribution is 2.27. The van der Waals surface area contributed by atoms with Crippen LogP contribution in [-0.2, 0) is 0 Å². The van der Waals surface area contributed by atoms with Crippen LogP contribution in [0.4, 0.5) is 0 Å². The first kappa shape index (κ1) is 22.4. The molecule has 3 heterocycles. The van der Waals surface area contributed by atoms with Crippen molar-refractivity contribution in [3.8, 4) is 0 Å². The van der Waals surface area contributed by atoms with Gasteiger partial charge in [0.05, 0.1) is 6.04 Å². The predicted molar refractivity (Wildman–Crippen MR) is 121 cm³/mol. The minimum atomic E-state index is -0.182. The molecule has 1 saturated heterocycles. The fourth-order valence-electron chi connectivity index (χ4n) is 3.99. The van der Waals surface area contributed by atoms with E-state index in [0.717, 1.165) is 59.8 Å². The molecule has 2 aromatic heterocycles. The first-order chi connectivity index (χ1) is 13.9. The number of amides is 1. The van der Waals surface area contributed by atoms with Gasteiger partial charge in [0.15, 0.2) is 5.76 Å². The fourth-order valence-corrected chi connectivity index (χ4v) is 3.99. The Hall–Kier alpha value is -2.28. The van der Waals surface area contributed by atoms with Crippen LogP contribution in [0.15, 0.2) is 39.2 Å². The molecule has 1 N–H and O–H groups in total. The molecule has 0 saturated carbocycles. The van der Waals surface area contributed by atoms with Crippen LogP contribution >= 0.6 is 12.4 Å². The Bertz CT molecular complexity index is 1020. The van der Waals surface area contributed by atoms with Gasteiger partial charge in [-0.3, -0.25) is 9.69 Å². The van der Waals surface area contributed by atoms with Crippen LogP contribution in [-0.4, -0.2) is 55.5 Å². The Morgan fingerprint density at radius 1 is 1.07 bits per heavy atom. The fraction of sp³-hybridized carbons (Fsp3) is 0.435. The maximum absolute atomic E-state index is 12.9. The molecule has 1 fully saturated rings. The predicted octanol–water partition coefficient (Wildman–Crippen LogP) is 4.09. The van der Waals surface area contributed by atoms with Gasteiger partial charge in [0.1, 0.15) is 17.1 Å². The summed E-state index contributed by atoms with van der Waals surface area (Å²) in [5.74, 6) is 1.98. The number of carbonyl (C=O) groups excluding carboxylic acids is 1. The van der Waals surface area contributed by atoms with Gasteiger partial charge < -0.3 is 19.1 Å². The number of fused-ring (bicyclic) bond motifs is 1. The molecule has 162 valence electrons. The van der Waals surface area contributed by atoms with E-state index in [-0.39, 0.29) is 24.4 Å². The van der Waals surface area contributed by atoms with Gasteiger partial charge in [-0.25, -0.2) is 0 Å². The molecule has 1 aliphatic heterocycles. The maximum Gasteiger partial charge on any atom is 0.287 e. The molecule has 3 aromatic rings. The van der Waals surface area contributed by atoms with Gasteiger partial charge >= 0.3 is 0 Å². The monoisotopic (exact) mass is 431 g/mol. The standard InChI is InChI=1S/C23H29N3O3.ClH/c1-15-5-7-18-17(3)22(29-21(18)13-15)23(27)24-14-19(20-8-6-16(2)28-20)26-11-9-25(4)10-12-26;/h5-8,13,19H,9-12,14H2,1-4H3,(H,24,27);1H. The largest absolute Gasteiger partial charge is 0.465 e. The molecule has 0 spiro atoms. The summed E-state index contributed by atoms with van der Waals surface area (Å²) in [7, 11) is 2.14. The molecule has 0 bridgehead atoms. The van der Waals surface area contributed by atoms with Crippen LogP contribution in [0, 0.1) is 20.8 Å². The molecule has 0 radical (unpaired) electrons. The number of aryl methyl sites for hydroxylation is 3. The minimum absolute atomic E-state index is 0. The van der Waals surface area contributed by atoms with Crippen LogP contribution in [0.1, 0.15) is 39.2 Å². The van der Waals surface area contributed by atoms with E-state index in [9.17, 15) is 4.79 Å². The molecule has 1 atom stereocenters. The van der Waals surface area contributed by atoms with Gasteiger partial charge in [0.2, 0.25) is 0 Å². The number of carbonyl (C=O) groups is 1. The third-order valence-electron chi connectivity index (χ3n) is 5.82. The van der Waals surface area contributed by atoms with Crippen LogP contribution < -0.4 is 5.32 Å². The second-order valence-corrected chi connectivity index (χ2v) is 8.07. The Morgan fingerprint density at radius 2 is 1.80 bits per heavy atom. The quantitative estimate of drug-likeness (QED) is 0.659. The molecule has 6 nitrogen and oxygen atoms in total. The van der Waals surface area contributed by atoms with Crippen LogP contribution in [0.5, 0.6) is 0 Å². The lowest BCUT2D eigenvalue weighted by atomic mass is 10.1. The first-order valence-electron chi connectivity index (χ1n) is 10.2. The highest BCUT2D eigenvalue weighted by Gasteiger charge is 2.27. The normalized spacial score (nSPS) is 16.4. The van der Waals surface area contributed by atoms with Crippen molar-refractivity contribution in [1.29, 1.82) is 0 Å². The van der Waals surface area contributed by atoms with Gasteiger partial charge in [-0.05, 0) is 51.6 Å². The number of halogens is 1. The Labute approximate surface area is 183 Å². The molecule has 1 aromatic carbocycles. The van der Waals surface area contributed by atoms with Crippen molar-refractivity contribution >= 4 is 29.3 Å². The average molecular weight is 432 g/mol. The van der Waals surface area contributed by atoms with Crippen molar-refractivity contribution in [2.45, 2.75) is 26.8 Å². The molecular weight excluding hydrogens is 402 g/mol. The SMILES string of the molecule is Cc1ccc2c(C)c(C(=O)NCC(c3ccc(C)o3)N3CCN(C)CC3)oc2c1.Cl. The number of nitrogens with one attached hydrogen (secondary N) is 1. The number of furan rings is 2. The van der Waals surface area contributed by atoms with Gasteiger partial charge in [0, 0.05) is 43.7 Å². The number of benzene rings is 1. The second-order valence-electron chi connectivity index (χ2n) is 8.07. The van der Waals surface area contributed by atoms with Crippen LogP contribution in [0.2, 0.25) is 0 Å². The lowest BCUT2D eigenvalue weighted by Gasteiger charge is -2.37. The van der Waals surface area contributed by atoms with E-state index in [0.29, 0.717) is 12.3 Å². The number of hydrogen-bond acceptors (Lipinski definition) is 5. The number of piperazine rings is 1. The van der Waals surface area contributed by atoms with Crippen molar-refractivity contribution in [3.05, 3.63) is 58.7 Å². The minimum Gasteiger partial charge on any atom is -0.465 e. The van der Waals surface area contributed by atoms with E-state index in [1.807, 2.05) is 51.1 Å². The zero-order valence-electron chi connectivity index (χ0n) is 18.0. The molecule has 4 rings (SSSR count). The van der Waals surface area contributed by atoms with Gasteiger partial charge in [-0.2, -0.15) is 0 Å². The average Bonchev–Trinajstić information content (AvgIpc) is 3.26. The van der Waals surface area contributed by atoms with Crippen molar-refractivity contribution in [2.75, 3.05) is 39.8 Å². The Balaban J connectivity index is 0.00000256. The maximum atomic E-state index is 12.9. The molecule has 7 heteroatoms. The molecule has 1 unspecified atom stereocenters. The van der Waals surface area contributed by atoms with E-state index in [1.54, 1.807) is 0 Å². The van der Waals surface area contributed by atoms with Gasteiger partial charge in [-0.1, -0.05) is 12.1 Å². The summed E-state index contributed by atoms with van der Waals surface area (Å²) in [6.45, 7) is 10.3. The van der Waals surface area contributed by atoms with E-state index < -0.39 is 0 Å². The number of likely N-dealkylation sites (N-methyl/N-ethyl adjacent to an activating group) is 1. The lowest BCUT2D eigenvalue weighted by Crippen LogP contribution is -2.48. The molecule has 0 aliphatic carbocycles. The third-order valence-corrected chi connectivity index (χ3v) is 5.82. The van der Waals surface area contributed by atoms with E-state index >= 15 is 0 Å². The van der Waals surface area contributed by atoms with Crippen LogP contribution in [0.3, 0.4) is 0 Å². The third kappa shape index (κ3) is 4.56. The first-order valence-corrected chi connectivity index (χ1v) is 10.2. The molecule has 1 amide bonds. The smallest absolute Gasteiger partial charge is 0.287 e. The summed E-state index contributed by atoms with van der Waals surface area (Å²) in [5.41, 5.74) is 2.74. The summed E-state index contributed by atoms with van der Waals surface area (Å²) in [4.78, 5) is 17.6. The number of rotatable bonds is 5. The summed E-state index contributed by atoms with van der Waals surface area (Å²) in [5, 5.41) is 4.07. The number of nitrogens with zero attached hydrogens (tertiary/aromatic N) is 2. The Kier molecular flexibility index (Phi) is 6.91. The van der Waals surface area contributed by atoms with Crippen molar-refractivity contribution in [3.63, 3.8) is 0 Å². The topological polar surface area (TPSA) is 61.9 Å². The summed E-state index contributed by atoms with van der Waals surface area (Å²) < 4.78 is 11.8. The second kappa shape index (κ2) is 9.25. The van der Waals surface area contributed by atoms with E-state index in [4.69, 9.17) is 8.83 Å². The lowest BCUT2D eigenvalue weighted by molar-refractivity contribution is 0.0831. The molecule has 30 heavy (non-hydrogen) atoms. The molecular formula is C23H30ClN3O3. The van der Waals surface area contributed by atoms with Crippen molar-refractivity contribution in [1.82, 2.24) is 15.1 Å². The van der Waals surface area contributed by atoms with Gasteiger partial charge in [-0.15, -0.1) is 12.4 Å². The van der Waals surface area contributed by atoms with Gasteiger partial charge in [0.25, 0.3) is 5.91 Å². The van der Waals surface area contributed by atoms with Crippen molar-refractivity contribution < 1.29 is 13.6 Å². The Morgan fingerprint density at radius 3 is 2.47 bits per heavy atom. The summed E-state index contributed by atoms with van der Waals surface area (Å²) in [6, 6.07) is 10.0. The summed E-state index contributed by atoms with van der Waals surface area (Å²) >= 11 is 0.